The van der Waals surface area contributed by atoms with Gasteiger partial charge in [0.1, 0.15) is 6.04 Å². The van der Waals surface area contributed by atoms with Crippen molar-refractivity contribution in [3.63, 3.8) is 0 Å². The van der Waals surface area contributed by atoms with Crippen LogP contribution in [0.25, 0.3) is 0 Å². The van der Waals surface area contributed by atoms with Gasteiger partial charge >= 0.3 is 0 Å². The van der Waals surface area contributed by atoms with Crippen LogP contribution in [0.4, 0.5) is 11.4 Å². The molecule has 0 saturated carbocycles. The molecule has 28 heavy (non-hydrogen) atoms. The highest BCUT2D eigenvalue weighted by molar-refractivity contribution is 6.23. The molecular formula is C21H21N3O4. The fourth-order valence-electron chi connectivity index (χ4n) is 3.57. The van der Waals surface area contributed by atoms with E-state index in [2.05, 4.69) is 10.2 Å². The molecule has 2 aliphatic heterocycles. The fourth-order valence-corrected chi connectivity index (χ4v) is 3.57. The molecule has 1 unspecified atom stereocenters. The van der Waals surface area contributed by atoms with Gasteiger partial charge in [-0.2, -0.15) is 0 Å². The van der Waals surface area contributed by atoms with Crippen LogP contribution in [0.2, 0.25) is 0 Å². The number of nitrogens with zero attached hydrogens (tertiary/aromatic N) is 2. The number of morpholine rings is 1. The number of ether oxygens (including phenoxy) is 1. The molecule has 144 valence electrons. The molecule has 1 saturated heterocycles. The Bertz CT molecular complexity index is 902. The van der Waals surface area contributed by atoms with E-state index >= 15 is 0 Å². The number of hydrogen-bond acceptors (Lipinski definition) is 5. The minimum Gasteiger partial charge on any atom is -0.378 e. The molecule has 0 radical (unpaired) electrons. The lowest BCUT2D eigenvalue weighted by atomic mass is 10.1. The number of amides is 3. The number of anilines is 2. The van der Waals surface area contributed by atoms with E-state index in [0.29, 0.717) is 30.0 Å². The molecule has 7 heteroatoms. The molecular weight excluding hydrogens is 358 g/mol. The zero-order chi connectivity index (χ0) is 19.7. The average Bonchev–Trinajstić information content (AvgIpc) is 2.99. The maximum atomic E-state index is 12.9. The molecule has 1 fully saturated rings. The number of fused-ring (bicyclic) bond motifs is 1. The van der Waals surface area contributed by atoms with Gasteiger partial charge in [-0.3, -0.25) is 19.3 Å². The van der Waals surface area contributed by atoms with Crippen LogP contribution in [-0.4, -0.2) is 55.0 Å². The molecule has 2 aromatic rings. The summed E-state index contributed by atoms with van der Waals surface area (Å²) >= 11 is 0. The van der Waals surface area contributed by atoms with E-state index in [1.807, 2.05) is 24.3 Å². The largest absolute Gasteiger partial charge is 0.378 e. The molecule has 1 atom stereocenters. The van der Waals surface area contributed by atoms with Gasteiger partial charge in [-0.25, -0.2) is 0 Å². The van der Waals surface area contributed by atoms with E-state index in [1.54, 1.807) is 31.2 Å². The van der Waals surface area contributed by atoms with Crippen molar-refractivity contribution >= 4 is 29.1 Å². The van der Waals surface area contributed by atoms with Crippen LogP contribution in [0.3, 0.4) is 0 Å². The van der Waals surface area contributed by atoms with Gasteiger partial charge in [0.05, 0.1) is 35.7 Å². The van der Waals surface area contributed by atoms with Gasteiger partial charge in [-0.15, -0.1) is 0 Å². The average molecular weight is 379 g/mol. The highest BCUT2D eigenvalue weighted by atomic mass is 16.5. The summed E-state index contributed by atoms with van der Waals surface area (Å²) in [6.07, 6.45) is 0. The van der Waals surface area contributed by atoms with Gasteiger partial charge in [-0.05, 0) is 31.2 Å². The Morgan fingerprint density at radius 2 is 1.54 bits per heavy atom. The second-order valence-electron chi connectivity index (χ2n) is 6.81. The van der Waals surface area contributed by atoms with Crippen molar-refractivity contribution in [3.05, 3.63) is 59.7 Å². The monoisotopic (exact) mass is 379 g/mol. The molecule has 2 heterocycles. The molecule has 7 nitrogen and oxygen atoms in total. The summed E-state index contributed by atoms with van der Waals surface area (Å²) in [6, 6.07) is 13.2. The summed E-state index contributed by atoms with van der Waals surface area (Å²) in [6.45, 7) is 4.30. The van der Waals surface area contributed by atoms with Gasteiger partial charge in [0.15, 0.2) is 0 Å². The van der Waals surface area contributed by atoms with Crippen LogP contribution in [0.1, 0.15) is 27.6 Å². The van der Waals surface area contributed by atoms with Crippen molar-refractivity contribution in [2.24, 2.45) is 0 Å². The Balaban J connectivity index is 1.54. The first kappa shape index (κ1) is 18.2. The summed E-state index contributed by atoms with van der Waals surface area (Å²) < 4.78 is 5.39. The maximum absolute atomic E-state index is 12.9. The zero-order valence-electron chi connectivity index (χ0n) is 15.6. The minimum atomic E-state index is -0.926. The molecule has 3 amide bonds. The van der Waals surface area contributed by atoms with E-state index in [1.165, 1.54) is 0 Å². The number of imide groups is 1. The van der Waals surface area contributed by atoms with E-state index in [9.17, 15) is 14.4 Å². The summed E-state index contributed by atoms with van der Waals surface area (Å²) in [5.41, 5.74) is 2.22. The second kappa shape index (κ2) is 7.44. The number of carbonyl (C=O) groups excluding carboxylic acids is 3. The van der Waals surface area contributed by atoms with Crippen molar-refractivity contribution in [1.82, 2.24) is 4.90 Å². The molecule has 1 N–H and O–H groups in total. The van der Waals surface area contributed by atoms with Crippen LogP contribution in [-0.2, 0) is 9.53 Å². The molecule has 0 spiro atoms. The third-order valence-electron chi connectivity index (χ3n) is 5.11. The van der Waals surface area contributed by atoms with Crippen molar-refractivity contribution in [3.8, 4) is 0 Å². The third-order valence-corrected chi connectivity index (χ3v) is 5.11. The SMILES string of the molecule is CC(C(=O)Nc1ccccc1N1CCOCC1)N1C(=O)c2ccccc2C1=O. The number of benzene rings is 2. The van der Waals surface area contributed by atoms with E-state index in [-0.39, 0.29) is 0 Å². The van der Waals surface area contributed by atoms with Gasteiger partial charge in [-0.1, -0.05) is 24.3 Å². The number of hydrogen-bond donors (Lipinski definition) is 1. The Morgan fingerprint density at radius 1 is 0.964 bits per heavy atom. The number of carbonyl (C=O) groups is 3. The van der Waals surface area contributed by atoms with Crippen LogP contribution in [0.5, 0.6) is 0 Å². The van der Waals surface area contributed by atoms with E-state index < -0.39 is 23.8 Å². The maximum Gasteiger partial charge on any atom is 0.262 e. The van der Waals surface area contributed by atoms with Gasteiger partial charge in [0, 0.05) is 13.1 Å². The molecule has 2 aliphatic rings. The molecule has 0 aromatic heterocycles. The summed E-state index contributed by atoms with van der Waals surface area (Å²) in [5.74, 6) is -1.29. The van der Waals surface area contributed by atoms with Crippen molar-refractivity contribution in [1.29, 1.82) is 0 Å². The lowest BCUT2D eigenvalue weighted by Gasteiger charge is -2.31. The predicted molar refractivity (Wildman–Crippen MR) is 105 cm³/mol. The van der Waals surface area contributed by atoms with Crippen LogP contribution in [0.15, 0.2) is 48.5 Å². The summed E-state index contributed by atoms with van der Waals surface area (Å²) in [4.78, 5) is 41.3. The minimum absolute atomic E-state index is 0.334. The first-order valence-electron chi connectivity index (χ1n) is 9.27. The topological polar surface area (TPSA) is 79.0 Å². The molecule has 2 aromatic carbocycles. The van der Waals surface area contributed by atoms with Crippen molar-refractivity contribution < 1.29 is 19.1 Å². The number of nitrogens with one attached hydrogen (secondary N) is 1. The lowest BCUT2D eigenvalue weighted by molar-refractivity contribution is -0.119. The predicted octanol–water partition coefficient (Wildman–Crippen LogP) is 2.15. The van der Waals surface area contributed by atoms with Gasteiger partial charge in [0.25, 0.3) is 11.8 Å². The Morgan fingerprint density at radius 3 is 2.18 bits per heavy atom. The molecule has 4 rings (SSSR count). The third kappa shape index (κ3) is 3.14. The van der Waals surface area contributed by atoms with Crippen molar-refractivity contribution in [2.45, 2.75) is 13.0 Å². The Kier molecular flexibility index (Phi) is 4.83. The van der Waals surface area contributed by atoms with Crippen LogP contribution in [0, 0.1) is 0 Å². The number of rotatable bonds is 4. The van der Waals surface area contributed by atoms with E-state index in [0.717, 1.165) is 23.7 Å². The highest BCUT2D eigenvalue weighted by Gasteiger charge is 2.40. The Labute approximate surface area is 162 Å². The second-order valence-corrected chi connectivity index (χ2v) is 6.81. The Hall–Kier alpha value is -3.19. The van der Waals surface area contributed by atoms with Crippen LogP contribution < -0.4 is 10.2 Å². The standard InChI is InChI=1S/C21H21N3O4/c1-14(24-20(26)15-6-2-3-7-16(15)21(24)27)19(25)22-17-8-4-5-9-18(17)23-10-12-28-13-11-23/h2-9,14H,10-13H2,1H3,(H,22,25). The smallest absolute Gasteiger partial charge is 0.262 e. The zero-order valence-corrected chi connectivity index (χ0v) is 15.6. The first-order chi connectivity index (χ1) is 13.6. The lowest BCUT2D eigenvalue weighted by Crippen LogP contribution is -2.45. The first-order valence-corrected chi connectivity index (χ1v) is 9.27. The number of para-hydroxylation sites is 2. The highest BCUT2D eigenvalue weighted by Crippen LogP contribution is 2.28. The fraction of sp³-hybridized carbons (Fsp3) is 0.286. The van der Waals surface area contributed by atoms with Crippen LogP contribution >= 0.6 is 0 Å². The van der Waals surface area contributed by atoms with Gasteiger partial charge in [0.2, 0.25) is 5.91 Å². The van der Waals surface area contributed by atoms with E-state index in [4.69, 9.17) is 4.74 Å². The summed E-state index contributed by atoms with van der Waals surface area (Å²) in [5, 5.41) is 2.88. The quantitative estimate of drug-likeness (QED) is 0.824. The van der Waals surface area contributed by atoms with Crippen molar-refractivity contribution in [2.75, 3.05) is 36.5 Å². The normalized spacial score (nSPS) is 17.5. The summed E-state index contributed by atoms with van der Waals surface area (Å²) in [7, 11) is 0. The van der Waals surface area contributed by atoms with Gasteiger partial charge < -0.3 is 15.0 Å². The molecule has 0 aliphatic carbocycles. The molecule has 0 bridgehead atoms.